The maximum Gasteiger partial charge on any atom is 0.685 e. The van der Waals surface area contributed by atoms with Crippen molar-refractivity contribution in [2.75, 3.05) is 64.0 Å². The van der Waals surface area contributed by atoms with E-state index in [1.807, 2.05) is 0 Å². The fraction of sp³-hybridized carbons (Fsp3) is 1.00. The quantitative estimate of drug-likeness (QED) is 0.154. The van der Waals surface area contributed by atoms with E-state index in [4.69, 9.17) is 52.5 Å². The summed E-state index contributed by atoms with van der Waals surface area (Å²) in [4.78, 5) is 0. The van der Waals surface area contributed by atoms with Crippen LogP contribution in [0.25, 0.3) is 0 Å². The molecule has 0 aromatic carbocycles. The van der Waals surface area contributed by atoms with Crippen LogP contribution in [-0.4, -0.2) is 100 Å². The molecule has 1 rings (SSSR count). The first-order chi connectivity index (χ1) is 15.5. The molecular weight excluding hydrogens is 576 g/mol. The first kappa shape index (κ1) is 32.0. The normalized spacial score (nSPS) is 23.0. The van der Waals surface area contributed by atoms with Crippen LogP contribution in [0.3, 0.4) is 0 Å². The molecule has 2 atom stereocenters. The maximum absolute atomic E-state index is 15.4. The van der Waals surface area contributed by atoms with Crippen molar-refractivity contribution in [3.05, 3.63) is 0 Å². The summed E-state index contributed by atoms with van der Waals surface area (Å²) in [6.45, 7) is 0. The highest BCUT2D eigenvalue weighted by Crippen LogP contribution is 2.81. The summed E-state index contributed by atoms with van der Waals surface area (Å²) in [5.74, 6) is 0. The second-order valence-corrected chi connectivity index (χ2v) is 18.8. The van der Waals surface area contributed by atoms with Crippen LogP contribution in [-0.2, 0) is 52.5 Å². The van der Waals surface area contributed by atoms with E-state index in [0.29, 0.717) is 0 Å². The molecule has 1 aliphatic heterocycles. The number of nitrogens with zero attached hydrogens (tertiary/aromatic N) is 3. The SMILES string of the molecule is CO[Si](OC)(OC)OP1N=P(O[Si](OC)(OC)OC)(O[Si](OC)(OC)OC)N(F)P(F)N1F. The van der Waals surface area contributed by atoms with Crippen molar-refractivity contribution < 1.29 is 65.6 Å². The number of hydrogen-bond donors (Lipinski definition) is 0. The molecule has 1 aliphatic rings. The average Bonchev–Trinajstić information content (AvgIpc) is 2.86. The first-order valence-electron chi connectivity index (χ1n) is 8.38. The van der Waals surface area contributed by atoms with Crippen molar-refractivity contribution in [1.29, 1.82) is 0 Å². The summed E-state index contributed by atoms with van der Waals surface area (Å²) in [7, 11) is -14.2. The summed E-state index contributed by atoms with van der Waals surface area (Å²) in [5.41, 5.74) is 0. The van der Waals surface area contributed by atoms with E-state index in [1.165, 1.54) is 0 Å². The van der Waals surface area contributed by atoms with Gasteiger partial charge in [-0.15, -0.1) is 8.96 Å². The van der Waals surface area contributed by atoms with Gasteiger partial charge in [-0.3, -0.25) is 12.6 Å². The van der Waals surface area contributed by atoms with Gasteiger partial charge in [0.05, 0.1) is 0 Å². The van der Waals surface area contributed by atoms with E-state index in [0.717, 1.165) is 64.0 Å². The topological polar surface area (TPSA) is 130 Å². The molecule has 0 amide bonds. The van der Waals surface area contributed by atoms with Crippen LogP contribution in [0, 0.1) is 0 Å². The van der Waals surface area contributed by atoms with Crippen molar-refractivity contribution in [2.24, 2.45) is 4.52 Å². The van der Waals surface area contributed by atoms with Gasteiger partial charge in [0, 0.05) is 68.7 Å². The van der Waals surface area contributed by atoms with Crippen LogP contribution in [0.15, 0.2) is 4.52 Å². The largest absolute Gasteiger partial charge is 0.685 e. The summed E-state index contributed by atoms with van der Waals surface area (Å²) >= 11 is 0. The molecule has 0 aliphatic carbocycles. The van der Waals surface area contributed by atoms with Gasteiger partial charge < -0.3 is 39.8 Å². The Morgan fingerprint density at radius 3 is 1.27 bits per heavy atom. The lowest BCUT2D eigenvalue weighted by Crippen LogP contribution is -2.51. The van der Waals surface area contributed by atoms with E-state index in [1.54, 1.807) is 0 Å². The highest BCUT2D eigenvalue weighted by molar-refractivity contribution is 7.78. The Morgan fingerprint density at radius 2 is 0.970 bits per heavy atom. The highest BCUT2D eigenvalue weighted by Gasteiger charge is 2.64. The van der Waals surface area contributed by atoms with Crippen LogP contribution >= 0.6 is 24.6 Å². The Morgan fingerprint density at radius 1 is 0.636 bits per heavy atom. The molecule has 0 spiro atoms. The molecule has 33 heavy (non-hydrogen) atoms. The first-order valence-corrected chi connectivity index (χ1v) is 17.1. The predicted octanol–water partition coefficient (Wildman–Crippen LogP) is 2.92. The molecule has 0 saturated carbocycles. The summed E-state index contributed by atoms with van der Waals surface area (Å²) < 4.78 is 110. The Hall–Kier alpha value is 0.971. The molecule has 0 N–H and O–H groups in total. The second-order valence-electron chi connectivity index (χ2n) is 5.17. The molecule has 0 aromatic heterocycles. The monoisotopic (exact) mass is 603 g/mol. The van der Waals surface area contributed by atoms with E-state index >= 15 is 4.48 Å². The third kappa shape index (κ3) is 6.85. The number of hydrogen-bond acceptors (Lipinski definition) is 15. The van der Waals surface area contributed by atoms with Gasteiger partial charge in [0.25, 0.3) is 8.45 Å². The molecule has 0 saturated heterocycles. The smallest absolute Gasteiger partial charge is 0.354 e. The van der Waals surface area contributed by atoms with Gasteiger partial charge in [-0.2, -0.15) is 8.71 Å². The lowest BCUT2D eigenvalue weighted by Gasteiger charge is -2.41. The fourth-order valence-corrected chi connectivity index (χ4v) is 17.0. The standard InChI is InChI=1S/C9H27F3N3O12P3Si3/c1-16-31(17-2,18-3)25-29-13-30(15(11)28(12)14(29)10,26-32(19-4,20-5)21-6)27-33(22-7,23-8)24-9/h1-9H3. The van der Waals surface area contributed by atoms with Gasteiger partial charge >= 0.3 is 43.3 Å². The van der Waals surface area contributed by atoms with E-state index in [2.05, 4.69) is 4.52 Å². The fourth-order valence-electron chi connectivity index (χ4n) is 2.03. The number of rotatable bonds is 15. The second kappa shape index (κ2) is 13.5. The third-order valence-electron chi connectivity index (χ3n) is 3.72. The van der Waals surface area contributed by atoms with Crippen molar-refractivity contribution in [3.63, 3.8) is 0 Å². The lowest BCUT2D eigenvalue weighted by molar-refractivity contribution is 0.0188. The average molecular weight is 603 g/mol. The molecule has 0 radical (unpaired) electrons. The van der Waals surface area contributed by atoms with E-state index in [9.17, 15) is 8.68 Å². The van der Waals surface area contributed by atoms with Gasteiger partial charge in [-0.05, 0) is 4.66 Å². The van der Waals surface area contributed by atoms with Crippen LogP contribution in [0.5, 0.6) is 0 Å². The molecule has 24 heteroatoms. The molecule has 0 aromatic rings. The van der Waals surface area contributed by atoms with Crippen molar-refractivity contribution in [2.45, 2.75) is 0 Å². The Kier molecular flexibility index (Phi) is 13.1. The van der Waals surface area contributed by atoms with Gasteiger partial charge in [0.2, 0.25) is 0 Å². The minimum absolute atomic E-state index is 0.611. The van der Waals surface area contributed by atoms with Crippen LogP contribution < -0.4 is 0 Å². The Labute approximate surface area is 195 Å². The van der Waals surface area contributed by atoms with Crippen molar-refractivity contribution in [1.82, 2.24) is 9.33 Å². The summed E-state index contributed by atoms with van der Waals surface area (Å²) in [6, 6.07) is 0. The molecule has 2 unspecified atom stereocenters. The van der Waals surface area contributed by atoms with E-state index in [-0.39, 0.29) is 0 Å². The molecule has 198 valence electrons. The minimum Gasteiger partial charge on any atom is -0.354 e. The molecule has 15 nitrogen and oxygen atoms in total. The zero-order valence-electron chi connectivity index (χ0n) is 19.2. The van der Waals surface area contributed by atoms with Crippen molar-refractivity contribution in [3.8, 4) is 0 Å². The van der Waals surface area contributed by atoms with Crippen molar-refractivity contribution >= 4 is 51.8 Å². The van der Waals surface area contributed by atoms with Crippen LogP contribution in [0.1, 0.15) is 0 Å². The Balaban J connectivity index is 3.79. The minimum atomic E-state index is -4.79. The van der Waals surface area contributed by atoms with Gasteiger partial charge in [0.15, 0.2) is 0 Å². The number of halogens is 3. The summed E-state index contributed by atoms with van der Waals surface area (Å²) in [5, 5.41) is 0. The molecule has 0 fully saturated rings. The predicted molar refractivity (Wildman–Crippen MR) is 114 cm³/mol. The molecular formula is C9H27F3N3O12P3Si3. The van der Waals surface area contributed by atoms with Gasteiger partial charge in [-0.25, -0.2) is 0 Å². The Bertz CT molecular complexity index is 621. The highest BCUT2D eigenvalue weighted by atomic mass is 31.3. The molecule has 1 heterocycles. The maximum atomic E-state index is 15.4. The zero-order valence-corrected chi connectivity index (χ0v) is 24.9. The zero-order chi connectivity index (χ0) is 25.5. The van der Waals surface area contributed by atoms with Gasteiger partial charge in [-0.1, -0.05) is 0 Å². The van der Waals surface area contributed by atoms with E-state index < -0.39 is 61.1 Å². The van der Waals surface area contributed by atoms with Crippen LogP contribution in [0.4, 0.5) is 13.2 Å². The third-order valence-corrected chi connectivity index (χ3v) is 18.2. The molecule has 0 bridgehead atoms. The lowest BCUT2D eigenvalue weighted by atomic mass is 11.8. The summed E-state index contributed by atoms with van der Waals surface area (Å²) in [6.07, 6.45) is 0. The van der Waals surface area contributed by atoms with Crippen LogP contribution in [0.2, 0.25) is 0 Å². The van der Waals surface area contributed by atoms with Gasteiger partial charge in [0.1, 0.15) is 0 Å².